The molecule has 1 aromatic carbocycles. The molecule has 0 unspecified atom stereocenters. The lowest BCUT2D eigenvalue weighted by atomic mass is 10.1. The second-order valence-corrected chi connectivity index (χ2v) is 3.46. The number of nitrogens with zero attached hydrogens (tertiary/aromatic N) is 2. The molecular weight excluding hydrogens is 212 g/mol. The van der Waals surface area contributed by atoms with Gasteiger partial charge in [-0.3, -0.25) is 4.79 Å². The molecule has 1 aromatic heterocycles. The van der Waals surface area contributed by atoms with E-state index in [0.29, 0.717) is 11.3 Å². The average Bonchev–Trinajstić information content (AvgIpc) is 2.82. The largest absolute Gasteiger partial charge is 0.497 e. The van der Waals surface area contributed by atoms with E-state index in [4.69, 9.17) is 4.74 Å². The topological polar surface area (TPSA) is 52.1 Å². The first-order valence-electron chi connectivity index (χ1n) is 4.27. The number of aromatic nitrogens is 2. The molecular formula is C10H8N2O2S. The highest BCUT2D eigenvalue weighted by atomic mass is 32.1. The van der Waals surface area contributed by atoms with E-state index < -0.39 is 0 Å². The lowest BCUT2D eigenvalue weighted by Gasteiger charge is -2.00. The van der Waals surface area contributed by atoms with Crippen LogP contribution in [0.15, 0.2) is 29.6 Å². The first-order chi connectivity index (χ1) is 7.31. The van der Waals surface area contributed by atoms with Gasteiger partial charge in [-0.15, -0.1) is 5.10 Å². The van der Waals surface area contributed by atoms with Gasteiger partial charge in [-0.2, -0.15) is 0 Å². The van der Waals surface area contributed by atoms with Gasteiger partial charge in [0.25, 0.3) is 0 Å². The maximum atomic E-state index is 11.8. The van der Waals surface area contributed by atoms with Gasteiger partial charge in [-0.25, -0.2) is 0 Å². The van der Waals surface area contributed by atoms with E-state index in [0.717, 1.165) is 17.3 Å². The lowest BCUT2D eigenvalue weighted by molar-refractivity contribution is 0.103. The van der Waals surface area contributed by atoms with E-state index in [2.05, 4.69) is 9.59 Å². The number of carbonyl (C=O) groups excluding carboxylic acids is 1. The van der Waals surface area contributed by atoms with Crippen molar-refractivity contribution in [2.24, 2.45) is 0 Å². The van der Waals surface area contributed by atoms with Gasteiger partial charge >= 0.3 is 0 Å². The van der Waals surface area contributed by atoms with Crippen molar-refractivity contribution in [1.29, 1.82) is 0 Å². The van der Waals surface area contributed by atoms with Crippen LogP contribution in [0.3, 0.4) is 0 Å². The van der Waals surface area contributed by atoms with Crippen molar-refractivity contribution in [2.45, 2.75) is 0 Å². The molecule has 0 saturated heterocycles. The predicted molar refractivity (Wildman–Crippen MR) is 56.3 cm³/mol. The zero-order chi connectivity index (χ0) is 10.7. The first kappa shape index (κ1) is 9.79. The van der Waals surface area contributed by atoms with Crippen molar-refractivity contribution in [1.82, 2.24) is 9.59 Å². The second kappa shape index (κ2) is 4.18. The Bertz CT molecular complexity index is 451. The maximum absolute atomic E-state index is 11.8. The van der Waals surface area contributed by atoms with Crippen molar-refractivity contribution in [3.63, 3.8) is 0 Å². The zero-order valence-corrected chi connectivity index (χ0v) is 8.82. The van der Waals surface area contributed by atoms with E-state index in [1.165, 1.54) is 0 Å². The fraction of sp³-hybridized carbons (Fsp3) is 0.100. The third-order valence-corrected chi connectivity index (χ3v) is 2.45. The van der Waals surface area contributed by atoms with Crippen LogP contribution in [0, 0.1) is 0 Å². The van der Waals surface area contributed by atoms with Gasteiger partial charge < -0.3 is 4.74 Å². The van der Waals surface area contributed by atoms with Gasteiger partial charge in [0.15, 0.2) is 0 Å². The van der Waals surface area contributed by atoms with Crippen LogP contribution < -0.4 is 4.74 Å². The van der Waals surface area contributed by atoms with Gasteiger partial charge in [-0.05, 0) is 35.8 Å². The molecule has 0 N–H and O–H groups in total. The van der Waals surface area contributed by atoms with Crippen molar-refractivity contribution < 1.29 is 9.53 Å². The number of rotatable bonds is 3. The number of methoxy groups -OCH3 is 1. The standard InChI is InChI=1S/C10H8N2O2S/c1-14-8-4-2-7(3-5-8)10(13)9-6-15-12-11-9/h2-6H,1H3. The molecule has 5 heteroatoms. The molecule has 0 fully saturated rings. The van der Waals surface area contributed by atoms with E-state index >= 15 is 0 Å². The van der Waals surface area contributed by atoms with Crippen LogP contribution in [-0.2, 0) is 0 Å². The van der Waals surface area contributed by atoms with E-state index in [1.807, 2.05) is 0 Å². The minimum atomic E-state index is -0.119. The Morgan fingerprint density at radius 3 is 2.60 bits per heavy atom. The number of ether oxygens (including phenoxy) is 1. The quantitative estimate of drug-likeness (QED) is 0.740. The summed E-state index contributed by atoms with van der Waals surface area (Å²) in [7, 11) is 1.58. The molecule has 0 amide bonds. The predicted octanol–water partition coefficient (Wildman–Crippen LogP) is 1.78. The maximum Gasteiger partial charge on any atom is 0.214 e. The summed E-state index contributed by atoms with van der Waals surface area (Å²) in [5.41, 5.74) is 0.966. The second-order valence-electron chi connectivity index (χ2n) is 2.85. The Morgan fingerprint density at radius 1 is 1.33 bits per heavy atom. The van der Waals surface area contributed by atoms with Crippen LogP contribution in [0.2, 0.25) is 0 Å². The van der Waals surface area contributed by atoms with Crippen molar-refractivity contribution in [3.8, 4) is 5.75 Å². The molecule has 0 spiro atoms. The Labute approximate surface area is 90.7 Å². The summed E-state index contributed by atoms with van der Waals surface area (Å²) in [5, 5.41) is 5.35. The van der Waals surface area contributed by atoms with Crippen molar-refractivity contribution in [3.05, 3.63) is 40.9 Å². The third-order valence-electron chi connectivity index (χ3n) is 1.94. The summed E-state index contributed by atoms with van der Waals surface area (Å²) in [4.78, 5) is 11.8. The van der Waals surface area contributed by atoms with E-state index in [1.54, 1.807) is 36.8 Å². The highest BCUT2D eigenvalue weighted by Crippen LogP contribution is 2.14. The van der Waals surface area contributed by atoms with Crippen LogP contribution in [0.1, 0.15) is 16.1 Å². The van der Waals surface area contributed by atoms with Crippen LogP contribution in [0.25, 0.3) is 0 Å². The highest BCUT2D eigenvalue weighted by molar-refractivity contribution is 7.03. The molecule has 0 aliphatic rings. The summed E-state index contributed by atoms with van der Waals surface area (Å²) >= 11 is 1.16. The van der Waals surface area contributed by atoms with Crippen LogP contribution in [0.4, 0.5) is 0 Å². The molecule has 0 aliphatic heterocycles. The molecule has 0 bridgehead atoms. The van der Waals surface area contributed by atoms with E-state index in [9.17, 15) is 4.79 Å². The van der Waals surface area contributed by atoms with Gasteiger partial charge in [0.05, 0.1) is 7.11 Å². The average molecular weight is 220 g/mol. The summed E-state index contributed by atoms with van der Waals surface area (Å²) in [6.07, 6.45) is 0. The lowest BCUT2D eigenvalue weighted by Crippen LogP contribution is -2.01. The number of carbonyl (C=O) groups is 1. The minimum absolute atomic E-state index is 0.119. The third kappa shape index (κ3) is 2.02. The number of hydrogen-bond donors (Lipinski definition) is 0. The Hall–Kier alpha value is -1.75. The summed E-state index contributed by atoms with van der Waals surface area (Å²) < 4.78 is 8.65. The van der Waals surface area contributed by atoms with Crippen LogP contribution >= 0.6 is 11.5 Å². The van der Waals surface area contributed by atoms with Gasteiger partial charge in [0, 0.05) is 10.9 Å². The van der Waals surface area contributed by atoms with Crippen molar-refractivity contribution >= 4 is 17.3 Å². The van der Waals surface area contributed by atoms with Crippen LogP contribution in [0.5, 0.6) is 5.75 Å². The Morgan fingerprint density at radius 2 is 2.07 bits per heavy atom. The molecule has 2 aromatic rings. The van der Waals surface area contributed by atoms with E-state index in [-0.39, 0.29) is 5.78 Å². The Kier molecular flexibility index (Phi) is 2.73. The number of benzene rings is 1. The molecule has 1 heterocycles. The molecule has 0 aliphatic carbocycles. The minimum Gasteiger partial charge on any atom is -0.497 e. The normalized spacial score (nSPS) is 9.93. The zero-order valence-electron chi connectivity index (χ0n) is 8.01. The number of ketones is 1. The molecule has 76 valence electrons. The molecule has 15 heavy (non-hydrogen) atoms. The highest BCUT2D eigenvalue weighted by Gasteiger charge is 2.11. The monoisotopic (exact) mass is 220 g/mol. The van der Waals surface area contributed by atoms with Crippen molar-refractivity contribution in [2.75, 3.05) is 7.11 Å². The molecule has 0 atom stereocenters. The number of hydrogen-bond acceptors (Lipinski definition) is 5. The van der Waals surface area contributed by atoms with Crippen LogP contribution in [-0.4, -0.2) is 22.5 Å². The smallest absolute Gasteiger partial charge is 0.214 e. The summed E-state index contributed by atoms with van der Waals surface area (Å²) in [6.45, 7) is 0. The van der Waals surface area contributed by atoms with Gasteiger partial charge in [0.1, 0.15) is 11.4 Å². The fourth-order valence-corrected chi connectivity index (χ4v) is 1.59. The van der Waals surface area contributed by atoms with Gasteiger partial charge in [0.2, 0.25) is 5.78 Å². The van der Waals surface area contributed by atoms with Gasteiger partial charge in [-0.1, -0.05) is 4.49 Å². The first-order valence-corrected chi connectivity index (χ1v) is 5.10. The Balaban J connectivity index is 2.27. The SMILES string of the molecule is COc1ccc(C(=O)c2csnn2)cc1. The summed E-state index contributed by atoms with van der Waals surface area (Å²) in [5.74, 6) is 0.606. The molecule has 0 radical (unpaired) electrons. The molecule has 2 rings (SSSR count). The summed E-state index contributed by atoms with van der Waals surface area (Å²) in [6, 6.07) is 6.90. The molecule has 0 saturated carbocycles. The molecule has 4 nitrogen and oxygen atoms in total. The fourth-order valence-electron chi connectivity index (χ4n) is 1.15.